The molecule has 3 heteroatoms. The Balaban J connectivity index is 2.96. The quantitative estimate of drug-likeness (QED) is 0.667. The second-order valence-electron chi connectivity index (χ2n) is 3.70. The first kappa shape index (κ1) is 10.3. The van der Waals surface area contributed by atoms with Crippen LogP contribution in [0.3, 0.4) is 0 Å². The average molecular weight is 195 g/mol. The normalized spacial score (nSPS) is 11.5. The topological polar surface area (TPSA) is 29.1 Å². The lowest BCUT2D eigenvalue weighted by Gasteiger charge is -2.17. The summed E-state index contributed by atoms with van der Waals surface area (Å²) in [6.07, 6.45) is 0. The zero-order chi connectivity index (χ0) is 10.1. The van der Waals surface area contributed by atoms with Crippen molar-refractivity contribution in [1.29, 1.82) is 0 Å². The number of hydrogen-bond acceptors (Lipinski definition) is 1. The van der Waals surface area contributed by atoms with Crippen molar-refractivity contribution in [2.45, 2.75) is 26.9 Å². The predicted octanol–water partition coefficient (Wildman–Crippen LogP) is 2.81. The minimum absolute atomic E-state index is 0.742. The van der Waals surface area contributed by atoms with Gasteiger partial charge in [-0.2, -0.15) is 0 Å². The Morgan fingerprint density at radius 3 is 2.38 bits per heavy atom. The van der Waals surface area contributed by atoms with Crippen molar-refractivity contribution in [3.63, 3.8) is 0 Å². The van der Waals surface area contributed by atoms with Gasteiger partial charge < -0.3 is 4.43 Å². The highest BCUT2D eigenvalue weighted by atomic mass is 28.4. The van der Waals surface area contributed by atoms with E-state index in [1.165, 1.54) is 0 Å². The van der Waals surface area contributed by atoms with E-state index in [0.717, 1.165) is 16.9 Å². The van der Waals surface area contributed by atoms with Gasteiger partial charge in [-0.1, -0.05) is 12.1 Å². The molecule has 1 aromatic carbocycles. The van der Waals surface area contributed by atoms with E-state index in [-0.39, 0.29) is 0 Å². The average Bonchev–Trinajstić information content (AvgIpc) is 1.96. The molecule has 0 fully saturated rings. The standard InChI is InChI=1S/C10H15O2Si/c1-8-6-5-7-10(9(8)2)12-13(3,4)11/h5-7H,1-4H3. The third kappa shape index (κ3) is 2.86. The van der Waals surface area contributed by atoms with Crippen molar-refractivity contribution in [3.8, 4) is 5.75 Å². The molecule has 0 saturated heterocycles. The van der Waals surface area contributed by atoms with Crippen LogP contribution in [0.4, 0.5) is 0 Å². The molecule has 1 rings (SSSR count). The van der Waals surface area contributed by atoms with Crippen molar-refractivity contribution < 1.29 is 9.22 Å². The summed E-state index contributed by atoms with van der Waals surface area (Å²) < 4.78 is 5.40. The monoisotopic (exact) mass is 195 g/mol. The summed E-state index contributed by atoms with van der Waals surface area (Å²) in [5.74, 6) is 0.742. The molecule has 0 aliphatic rings. The van der Waals surface area contributed by atoms with Gasteiger partial charge in [0.05, 0.1) is 0 Å². The van der Waals surface area contributed by atoms with Gasteiger partial charge in [0.1, 0.15) is 5.75 Å². The molecule has 0 saturated carbocycles. The minimum atomic E-state index is -2.70. The molecule has 0 aliphatic carbocycles. The summed E-state index contributed by atoms with van der Waals surface area (Å²) in [4.78, 5) is 11.5. The highest BCUT2D eigenvalue weighted by Gasteiger charge is 2.24. The molecular formula is C10H15O2Si. The molecular weight excluding hydrogens is 180 g/mol. The lowest BCUT2D eigenvalue weighted by atomic mass is 10.1. The van der Waals surface area contributed by atoms with Gasteiger partial charge in [0.25, 0.3) is 0 Å². The van der Waals surface area contributed by atoms with E-state index in [2.05, 4.69) is 0 Å². The van der Waals surface area contributed by atoms with Crippen LogP contribution in [0.5, 0.6) is 5.75 Å². The van der Waals surface area contributed by atoms with Crippen LogP contribution < -0.4 is 4.43 Å². The van der Waals surface area contributed by atoms with E-state index in [9.17, 15) is 4.80 Å². The number of rotatable bonds is 2. The molecule has 0 N–H and O–H groups in total. The summed E-state index contributed by atoms with van der Waals surface area (Å²) in [6, 6.07) is 5.79. The van der Waals surface area contributed by atoms with Crippen LogP contribution in [0.25, 0.3) is 0 Å². The molecule has 1 radical (unpaired) electrons. The Hall–Kier alpha value is -0.803. The third-order valence-corrected chi connectivity index (χ3v) is 2.62. The Labute approximate surface area is 80.4 Å². The molecule has 71 valence electrons. The van der Waals surface area contributed by atoms with Crippen molar-refractivity contribution in [1.82, 2.24) is 0 Å². The van der Waals surface area contributed by atoms with Crippen LogP contribution in [0, 0.1) is 13.8 Å². The Bertz CT molecular complexity index is 302. The van der Waals surface area contributed by atoms with E-state index in [4.69, 9.17) is 4.43 Å². The number of benzene rings is 1. The number of aryl methyl sites for hydroxylation is 1. The summed E-state index contributed by atoms with van der Waals surface area (Å²) in [5.41, 5.74) is 2.23. The molecule has 0 amide bonds. The molecule has 0 heterocycles. The van der Waals surface area contributed by atoms with E-state index >= 15 is 0 Å². The van der Waals surface area contributed by atoms with Crippen LogP contribution in [-0.4, -0.2) is 8.56 Å². The second kappa shape index (κ2) is 3.52. The maximum absolute atomic E-state index is 11.5. The fraction of sp³-hybridized carbons (Fsp3) is 0.400. The molecule has 0 aromatic heterocycles. The van der Waals surface area contributed by atoms with E-state index in [1.54, 1.807) is 13.1 Å². The smallest absolute Gasteiger partial charge is 0.424 e. The maximum Gasteiger partial charge on any atom is 0.424 e. The lowest BCUT2D eigenvalue weighted by molar-refractivity contribution is 0.320. The fourth-order valence-electron chi connectivity index (χ4n) is 1.10. The second-order valence-corrected chi connectivity index (χ2v) is 6.70. The van der Waals surface area contributed by atoms with Crippen molar-refractivity contribution in [3.05, 3.63) is 29.3 Å². The van der Waals surface area contributed by atoms with Gasteiger partial charge in [-0.15, -0.1) is 0 Å². The highest BCUT2D eigenvalue weighted by Crippen LogP contribution is 2.22. The van der Waals surface area contributed by atoms with Gasteiger partial charge in [-0.3, -0.25) is 0 Å². The van der Waals surface area contributed by atoms with Crippen LogP contribution in [0.15, 0.2) is 18.2 Å². The van der Waals surface area contributed by atoms with Crippen LogP contribution in [-0.2, 0) is 4.80 Å². The SMILES string of the molecule is Cc1cccc(O[Si](C)(C)[O])c1C. The molecule has 1 aromatic rings. The summed E-state index contributed by atoms with van der Waals surface area (Å²) in [5, 5.41) is 0. The fourth-order valence-corrected chi connectivity index (χ4v) is 1.85. The largest absolute Gasteiger partial charge is 0.519 e. The minimum Gasteiger partial charge on any atom is -0.519 e. The lowest BCUT2D eigenvalue weighted by Crippen LogP contribution is -2.32. The summed E-state index contributed by atoms with van der Waals surface area (Å²) in [7, 11) is -2.70. The van der Waals surface area contributed by atoms with Crippen molar-refractivity contribution in [2.24, 2.45) is 0 Å². The Morgan fingerprint density at radius 1 is 1.23 bits per heavy atom. The van der Waals surface area contributed by atoms with Gasteiger partial charge in [-0.25, -0.2) is 4.80 Å². The highest BCUT2D eigenvalue weighted by molar-refractivity contribution is 6.63. The van der Waals surface area contributed by atoms with Crippen molar-refractivity contribution >= 4 is 8.56 Å². The number of hydrogen-bond donors (Lipinski definition) is 0. The summed E-state index contributed by atoms with van der Waals surface area (Å²) >= 11 is 0. The Morgan fingerprint density at radius 2 is 1.85 bits per heavy atom. The predicted molar refractivity (Wildman–Crippen MR) is 54.7 cm³/mol. The van der Waals surface area contributed by atoms with E-state index in [1.807, 2.05) is 32.0 Å². The van der Waals surface area contributed by atoms with Crippen molar-refractivity contribution in [2.75, 3.05) is 0 Å². The van der Waals surface area contributed by atoms with Crippen LogP contribution in [0.2, 0.25) is 13.1 Å². The maximum atomic E-state index is 11.5. The van der Waals surface area contributed by atoms with E-state index < -0.39 is 8.56 Å². The van der Waals surface area contributed by atoms with Gasteiger partial charge in [0, 0.05) is 0 Å². The van der Waals surface area contributed by atoms with Gasteiger partial charge >= 0.3 is 8.56 Å². The van der Waals surface area contributed by atoms with Gasteiger partial charge in [0.2, 0.25) is 0 Å². The Kier molecular flexibility index (Phi) is 2.78. The molecule has 0 unspecified atom stereocenters. The third-order valence-electron chi connectivity index (χ3n) is 1.91. The molecule has 13 heavy (non-hydrogen) atoms. The first-order valence-corrected chi connectivity index (χ1v) is 7.17. The zero-order valence-electron chi connectivity index (χ0n) is 8.55. The molecule has 0 aliphatic heterocycles. The van der Waals surface area contributed by atoms with Crippen LogP contribution >= 0.6 is 0 Å². The molecule has 0 bridgehead atoms. The first-order chi connectivity index (χ1) is 5.90. The first-order valence-electron chi connectivity index (χ1n) is 4.36. The van der Waals surface area contributed by atoms with E-state index in [0.29, 0.717) is 0 Å². The van der Waals surface area contributed by atoms with Gasteiger partial charge in [-0.05, 0) is 44.1 Å². The van der Waals surface area contributed by atoms with Gasteiger partial charge in [0.15, 0.2) is 0 Å². The molecule has 2 nitrogen and oxygen atoms in total. The van der Waals surface area contributed by atoms with Crippen LogP contribution in [0.1, 0.15) is 11.1 Å². The molecule has 0 atom stereocenters. The molecule has 0 spiro atoms. The summed E-state index contributed by atoms with van der Waals surface area (Å²) in [6.45, 7) is 7.29. The zero-order valence-corrected chi connectivity index (χ0v) is 9.55.